The fourth-order valence-electron chi connectivity index (χ4n) is 2.16. The molecular formula is C12H20F2O7S. The predicted molar refractivity (Wildman–Crippen MR) is 70.8 cm³/mol. The van der Waals surface area contributed by atoms with Crippen LogP contribution in [0.4, 0.5) is 8.78 Å². The van der Waals surface area contributed by atoms with E-state index in [1.807, 2.05) is 0 Å². The van der Waals surface area contributed by atoms with Gasteiger partial charge in [-0.25, -0.2) is 4.79 Å². The van der Waals surface area contributed by atoms with Crippen LogP contribution < -0.4 is 0 Å². The summed E-state index contributed by atoms with van der Waals surface area (Å²) in [5, 5.41) is 5.22. The minimum Gasteiger partial charge on any atom is -0.453 e. The molecule has 0 radical (unpaired) electrons. The van der Waals surface area contributed by atoms with Crippen molar-refractivity contribution in [1.29, 1.82) is 0 Å². The van der Waals surface area contributed by atoms with Gasteiger partial charge in [-0.3, -0.25) is 4.55 Å². The van der Waals surface area contributed by atoms with E-state index in [9.17, 15) is 27.1 Å². The second-order valence-corrected chi connectivity index (χ2v) is 7.35. The molecule has 1 fully saturated rings. The highest BCUT2D eigenvalue weighted by molar-refractivity contribution is 7.86. The van der Waals surface area contributed by atoms with Gasteiger partial charge in [-0.2, -0.15) is 17.2 Å². The van der Waals surface area contributed by atoms with E-state index in [0.717, 1.165) is 0 Å². The first kappa shape index (κ1) is 19.2. The highest BCUT2D eigenvalue weighted by Crippen LogP contribution is 2.38. The van der Waals surface area contributed by atoms with Gasteiger partial charge in [0.15, 0.2) is 6.10 Å². The zero-order valence-electron chi connectivity index (χ0n) is 12.5. The van der Waals surface area contributed by atoms with E-state index >= 15 is 0 Å². The number of rotatable bonds is 7. The maximum absolute atomic E-state index is 13.2. The Balaban J connectivity index is 2.48. The SMILES string of the molecule is CC(OC(=O)COC1CCC1C(C)(C)O)C(F)(F)S(=O)(=O)O. The molecule has 0 heterocycles. The highest BCUT2D eigenvalue weighted by Gasteiger charge is 2.52. The third-order valence-corrected chi connectivity index (χ3v) is 4.68. The zero-order chi connectivity index (χ0) is 17.3. The first-order valence-electron chi connectivity index (χ1n) is 6.65. The lowest BCUT2D eigenvalue weighted by Gasteiger charge is -2.43. The van der Waals surface area contributed by atoms with Crippen molar-refractivity contribution >= 4 is 16.1 Å². The Kier molecular flexibility index (Phi) is 5.54. The van der Waals surface area contributed by atoms with Gasteiger partial charge in [0.25, 0.3) is 0 Å². The number of alkyl halides is 2. The summed E-state index contributed by atoms with van der Waals surface area (Å²) in [6.45, 7) is 3.19. The summed E-state index contributed by atoms with van der Waals surface area (Å²) in [4.78, 5) is 11.4. The molecule has 0 spiro atoms. The first-order valence-corrected chi connectivity index (χ1v) is 8.09. The number of esters is 1. The van der Waals surface area contributed by atoms with Gasteiger partial charge in [-0.15, -0.1) is 0 Å². The van der Waals surface area contributed by atoms with Crippen LogP contribution in [-0.4, -0.2) is 53.7 Å². The van der Waals surface area contributed by atoms with Gasteiger partial charge >= 0.3 is 21.3 Å². The third kappa shape index (κ3) is 4.34. The molecule has 0 aromatic carbocycles. The topological polar surface area (TPSA) is 110 Å². The van der Waals surface area contributed by atoms with E-state index in [1.165, 1.54) is 0 Å². The van der Waals surface area contributed by atoms with Crippen molar-refractivity contribution in [3.8, 4) is 0 Å². The van der Waals surface area contributed by atoms with Crippen LogP contribution in [0.3, 0.4) is 0 Å². The summed E-state index contributed by atoms with van der Waals surface area (Å²) < 4.78 is 65.2. The van der Waals surface area contributed by atoms with Crippen LogP contribution in [0, 0.1) is 5.92 Å². The van der Waals surface area contributed by atoms with Crippen molar-refractivity contribution in [1.82, 2.24) is 0 Å². The molecule has 0 aromatic heterocycles. The Hall–Kier alpha value is -0.840. The van der Waals surface area contributed by atoms with E-state index < -0.39 is 45.8 Å². The van der Waals surface area contributed by atoms with Crippen molar-refractivity contribution in [2.75, 3.05) is 6.61 Å². The minimum atomic E-state index is -5.68. The molecule has 0 aliphatic heterocycles. The van der Waals surface area contributed by atoms with Crippen molar-refractivity contribution in [2.24, 2.45) is 5.92 Å². The largest absolute Gasteiger partial charge is 0.453 e. The molecule has 3 unspecified atom stereocenters. The Morgan fingerprint density at radius 3 is 2.27 bits per heavy atom. The number of halogens is 2. The van der Waals surface area contributed by atoms with Crippen molar-refractivity contribution in [3.05, 3.63) is 0 Å². The lowest BCUT2D eigenvalue weighted by atomic mass is 9.72. The molecule has 0 amide bonds. The summed E-state index contributed by atoms with van der Waals surface area (Å²) in [6, 6.07) is 0. The number of carbonyl (C=O) groups is 1. The van der Waals surface area contributed by atoms with Crippen LogP contribution in [-0.2, 0) is 24.4 Å². The molecule has 130 valence electrons. The van der Waals surface area contributed by atoms with E-state index in [0.29, 0.717) is 19.8 Å². The molecule has 22 heavy (non-hydrogen) atoms. The molecule has 3 atom stereocenters. The van der Waals surface area contributed by atoms with Crippen LogP contribution in [0.1, 0.15) is 33.6 Å². The Morgan fingerprint density at radius 2 is 1.91 bits per heavy atom. The summed E-state index contributed by atoms with van der Waals surface area (Å²) >= 11 is 0. The fraction of sp³-hybridized carbons (Fsp3) is 0.917. The van der Waals surface area contributed by atoms with Gasteiger partial charge in [-0.05, 0) is 33.6 Å². The number of hydrogen-bond acceptors (Lipinski definition) is 6. The van der Waals surface area contributed by atoms with Crippen LogP contribution in [0.25, 0.3) is 0 Å². The Morgan fingerprint density at radius 1 is 1.36 bits per heavy atom. The van der Waals surface area contributed by atoms with Gasteiger partial charge in [0.2, 0.25) is 0 Å². The first-order chi connectivity index (χ1) is 9.76. The van der Waals surface area contributed by atoms with Crippen LogP contribution in [0.15, 0.2) is 0 Å². The molecule has 0 aromatic rings. The molecule has 0 saturated heterocycles. The monoisotopic (exact) mass is 346 g/mol. The maximum Gasteiger partial charge on any atom is 0.405 e. The second kappa shape index (κ2) is 6.34. The average molecular weight is 346 g/mol. The van der Waals surface area contributed by atoms with Gasteiger partial charge < -0.3 is 14.6 Å². The minimum absolute atomic E-state index is 0.183. The van der Waals surface area contributed by atoms with Crippen molar-refractivity contribution < 1.29 is 41.1 Å². The molecule has 1 rings (SSSR count). The molecule has 0 bridgehead atoms. The van der Waals surface area contributed by atoms with Crippen LogP contribution in [0.5, 0.6) is 0 Å². The number of aliphatic hydroxyl groups is 1. The standard InChI is InChI=1S/C12H20F2O7S/c1-7(12(13,14)22(17,18)19)21-10(15)6-20-9-5-4-8(9)11(2,3)16/h7-9,16H,4-6H2,1-3H3,(H,17,18,19). The lowest BCUT2D eigenvalue weighted by molar-refractivity contribution is -0.176. The zero-order valence-corrected chi connectivity index (χ0v) is 13.3. The van der Waals surface area contributed by atoms with E-state index in [4.69, 9.17) is 9.29 Å². The van der Waals surface area contributed by atoms with E-state index in [-0.39, 0.29) is 5.92 Å². The Bertz CT molecular complexity index is 512. The summed E-state index contributed by atoms with van der Waals surface area (Å²) in [6.07, 6.45) is -1.44. The molecule has 7 nitrogen and oxygen atoms in total. The second-order valence-electron chi connectivity index (χ2n) is 5.86. The molecular weight excluding hydrogens is 326 g/mol. The molecule has 10 heteroatoms. The van der Waals surface area contributed by atoms with Gasteiger partial charge in [0.1, 0.15) is 6.61 Å². The smallest absolute Gasteiger partial charge is 0.405 e. The molecule has 2 N–H and O–H groups in total. The summed E-state index contributed by atoms with van der Waals surface area (Å²) in [7, 11) is -5.68. The van der Waals surface area contributed by atoms with Gasteiger partial charge in [0, 0.05) is 5.92 Å². The van der Waals surface area contributed by atoms with E-state index in [1.54, 1.807) is 13.8 Å². The lowest BCUT2D eigenvalue weighted by Crippen LogP contribution is -2.48. The van der Waals surface area contributed by atoms with Crippen LogP contribution in [0.2, 0.25) is 0 Å². The summed E-state index contributed by atoms with van der Waals surface area (Å²) in [5.74, 6) is -1.37. The number of hydrogen-bond donors (Lipinski definition) is 2. The van der Waals surface area contributed by atoms with Gasteiger partial charge in [-0.1, -0.05) is 0 Å². The molecule has 1 aliphatic carbocycles. The Labute approximate surface area is 127 Å². The highest BCUT2D eigenvalue weighted by atomic mass is 32.2. The van der Waals surface area contributed by atoms with Gasteiger partial charge in [0.05, 0.1) is 11.7 Å². The number of carbonyl (C=O) groups excluding carboxylic acids is 1. The normalized spacial score (nSPS) is 24.5. The van der Waals surface area contributed by atoms with E-state index in [2.05, 4.69) is 4.74 Å². The number of ether oxygens (including phenoxy) is 2. The van der Waals surface area contributed by atoms with Crippen molar-refractivity contribution in [3.63, 3.8) is 0 Å². The third-order valence-electron chi connectivity index (χ3n) is 3.66. The molecule has 1 aliphatic rings. The maximum atomic E-state index is 13.2. The van der Waals surface area contributed by atoms with Crippen LogP contribution >= 0.6 is 0 Å². The predicted octanol–water partition coefficient (Wildman–Crippen LogP) is 0.965. The molecule has 1 saturated carbocycles. The average Bonchev–Trinajstić information content (AvgIpc) is 2.23. The van der Waals surface area contributed by atoms with Crippen molar-refractivity contribution in [2.45, 2.75) is 56.7 Å². The fourth-order valence-corrected chi connectivity index (χ4v) is 2.63. The summed E-state index contributed by atoms with van der Waals surface area (Å²) in [5.41, 5.74) is -0.988. The quantitative estimate of drug-likeness (QED) is 0.522.